The zero-order valence-corrected chi connectivity index (χ0v) is 30.4. The lowest BCUT2D eigenvalue weighted by molar-refractivity contribution is 1.18. The number of fused-ring (bicyclic) bond motifs is 4. The van der Waals surface area contributed by atoms with Crippen molar-refractivity contribution in [1.82, 2.24) is 9.97 Å². The third kappa shape index (κ3) is 6.06. The molecule has 0 spiro atoms. The van der Waals surface area contributed by atoms with Gasteiger partial charge in [-0.3, -0.25) is 0 Å². The number of aromatic nitrogens is 2. The highest BCUT2D eigenvalue weighted by Crippen LogP contribution is 2.40. The molecule has 0 aliphatic carbocycles. The Hall–Kier alpha value is -7.67. The van der Waals surface area contributed by atoms with Gasteiger partial charge in [-0.05, 0) is 96.0 Å². The average molecular weight is 712 g/mol. The van der Waals surface area contributed by atoms with Crippen LogP contribution in [0.15, 0.2) is 200 Å². The molecule has 0 bridgehead atoms. The predicted molar refractivity (Wildman–Crippen MR) is 232 cm³/mol. The largest absolute Gasteiger partial charge is 0.228 e. The maximum atomic E-state index is 9.27. The van der Waals surface area contributed by atoms with Crippen molar-refractivity contribution in [3.05, 3.63) is 206 Å². The molecule has 0 unspecified atom stereocenters. The molecule has 56 heavy (non-hydrogen) atoms. The lowest BCUT2D eigenvalue weighted by Gasteiger charge is -2.14. The molecule has 9 aromatic carbocycles. The normalized spacial score (nSPS) is 11.2. The van der Waals surface area contributed by atoms with Gasteiger partial charge in [0.05, 0.1) is 23.0 Å². The smallest absolute Gasteiger partial charge is 0.160 e. The van der Waals surface area contributed by atoms with E-state index in [2.05, 4.69) is 164 Å². The van der Waals surface area contributed by atoms with Crippen LogP contribution in [0.1, 0.15) is 5.56 Å². The first-order valence-electron chi connectivity index (χ1n) is 18.8. The fourth-order valence-corrected chi connectivity index (χ4v) is 7.85. The van der Waals surface area contributed by atoms with E-state index in [4.69, 9.17) is 9.97 Å². The van der Waals surface area contributed by atoms with Gasteiger partial charge in [-0.1, -0.05) is 170 Å². The van der Waals surface area contributed by atoms with Crippen molar-refractivity contribution in [3.63, 3.8) is 0 Å². The Morgan fingerprint density at radius 3 is 1.61 bits per heavy atom. The zero-order chi connectivity index (χ0) is 37.4. The van der Waals surface area contributed by atoms with Crippen LogP contribution in [0.5, 0.6) is 0 Å². The summed E-state index contributed by atoms with van der Waals surface area (Å²) in [5.74, 6) is 0.669. The molecule has 0 amide bonds. The maximum absolute atomic E-state index is 9.27. The van der Waals surface area contributed by atoms with Crippen molar-refractivity contribution in [1.29, 1.82) is 5.26 Å². The van der Waals surface area contributed by atoms with Crippen LogP contribution in [0.3, 0.4) is 0 Å². The first-order chi connectivity index (χ1) is 27.7. The Bertz CT molecular complexity index is 3100. The van der Waals surface area contributed by atoms with Crippen molar-refractivity contribution in [2.45, 2.75) is 0 Å². The highest BCUT2D eigenvalue weighted by atomic mass is 14.9. The van der Waals surface area contributed by atoms with Crippen molar-refractivity contribution in [2.75, 3.05) is 0 Å². The van der Waals surface area contributed by atoms with Gasteiger partial charge in [0.2, 0.25) is 0 Å². The summed E-state index contributed by atoms with van der Waals surface area (Å²) in [5, 5.41) is 16.8. The van der Waals surface area contributed by atoms with Crippen molar-refractivity contribution >= 4 is 32.3 Å². The first kappa shape index (κ1) is 32.9. The molecule has 0 radical (unpaired) electrons. The molecule has 10 aromatic rings. The van der Waals surface area contributed by atoms with Crippen LogP contribution in [-0.2, 0) is 0 Å². The topological polar surface area (TPSA) is 49.6 Å². The first-order valence-corrected chi connectivity index (χ1v) is 18.8. The molecule has 0 aliphatic heterocycles. The number of nitrogens with zero attached hydrogens (tertiary/aromatic N) is 3. The lowest BCUT2D eigenvalue weighted by Crippen LogP contribution is -1.96. The van der Waals surface area contributed by atoms with Crippen LogP contribution in [0, 0.1) is 11.3 Å². The zero-order valence-electron chi connectivity index (χ0n) is 30.4. The van der Waals surface area contributed by atoms with E-state index in [1.807, 2.05) is 42.5 Å². The van der Waals surface area contributed by atoms with E-state index in [0.29, 0.717) is 11.4 Å². The van der Waals surface area contributed by atoms with Crippen LogP contribution in [0.25, 0.3) is 99.6 Å². The summed E-state index contributed by atoms with van der Waals surface area (Å²) in [5.41, 5.74) is 12.2. The summed E-state index contributed by atoms with van der Waals surface area (Å²) in [7, 11) is 0. The van der Waals surface area contributed by atoms with Gasteiger partial charge >= 0.3 is 0 Å². The summed E-state index contributed by atoms with van der Waals surface area (Å²) in [6.07, 6.45) is 0. The van der Waals surface area contributed by atoms with Gasteiger partial charge in [-0.25, -0.2) is 9.97 Å². The van der Waals surface area contributed by atoms with Crippen molar-refractivity contribution in [2.24, 2.45) is 0 Å². The second kappa shape index (κ2) is 14.0. The molecule has 0 N–H and O–H groups in total. The Morgan fingerprint density at radius 1 is 0.321 bits per heavy atom. The van der Waals surface area contributed by atoms with Crippen LogP contribution < -0.4 is 0 Å². The molecule has 1 heterocycles. The Labute approximate surface area is 325 Å². The number of benzene rings is 9. The standard InChI is InChI=1S/C53H33N3/c54-34-35-17-19-38(20-18-35)43-13-8-14-45(31-43)51-33-50(40-10-2-1-3-11-40)55-53(56-51)42-27-23-37(24-28-42)36-21-25-41(26-22-36)52-47-16-7-5-12-44(47)32-49-46-15-6-4-9-39(46)29-30-48(49)52/h1-33H. The van der Waals surface area contributed by atoms with E-state index in [-0.39, 0.29) is 0 Å². The number of hydrogen-bond donors (Lipinski definition) is 0. The molecule has 0 fully saturated rings. The summed E-state index contributed by atoms with van der Waals surface area (Å²) < 4.78 is 0. The van der Waals surface area contributed by atoms with Gasteiger partial charge in [0.1, 0.15) is 0 Å². The van der Waals surface area contributed by atoms with Gasteiger partial charge in [0.25, 0.3) is 0 Å². The molecule has 0 saturated heterocycles. The van der Waals surface area contributed by atoms with E-state index in [1.165, 1.54) is 43.4 Å². The summed E-state index contributed by atoms with van der Waals surface area (Å²) >= 11 is 0. The van der Waals surface area contributed by atoms with Crippen LogP contribution in [0.2, 0.25) is 0 Å². The van der Waals surface area contributed by atoms with Gasteiger partial charge in [-0.2, -0.15) is 5.26 Å². The minimum Gasteiger partial charge on any atom is -0.228 e. The molecule has 260 valence electrons. The SMILES string of the molecule is N#Cc1ccc(-c2cccc(-c3cc(-c4ccccc4)nc(-c4ccc(-c5ccc(-c6c7ccccc7cc7c6ccc6ccccc67)cc5)cc4)n3)c2)cc1. The van der Waals surface area contributed by atoms with Gasteiger partial charge in [0, 0.05) is 16.7 Å². The van der Waals surface area contributed by atoms with Crippen molar-refractivity contribution < 1.29 is 0 Å². The average Bonchev–Trinajstić information content (AvgIpc) is 3.28. The van der Waals surface area contributed by atoms with E-state index < -0.39 is 0 Å². The molecule has 0 atom stereocenters. The van der Waals surface area contributed by atoms with Crippen molar-refractivity contribution in [3.8, 4) is 73.4 Å². The van der Waals surface area contributed by atoms with Gasteiger partial charge in [0.15, 0.2) is 5.82 Å². The highest BCUT2D eigenvalue weighted by Gasteiger charge is 2.14. The Morgan fingerprint density at radius 2 is 0.875 bits per heavy atom. The third-order valence-corrected chi connectivity index (χ3v) is 10.7. The fourth-order valence-electron chi connectivity index (χ4n) is 7.85. The molecule has 3 nitrogen and oxygen atoms in total. The lowest BCUT2D eigenvalue weighted by atomic mass is 9.89. The van der Waals surface area contributed by atoms with E-state index >= 15 is 0 Å². The number of rotatable bonds is 6. The predicted octanol–water partition coefficient (Wildman–Crippen LogP) is 13.8. The summed E-state index contributed by atoms with van der Waals surface area (Å²) in [6, 6.07) is 72.3. The second-order valence-electron chi connectivity index (χ2n) is 14.1. The number of nitriles is 1. The second-order valence-corrected chi connectivity index (χ2v) is 14.1. The van der Waals surface area contributed by atoms with Gasteiger partial charge < -0.3 is 0 Å². The Balaban J connectivity index is 1.01. The highest BCUT2D eigenvalue weighted by molar-refractivity contribution is 6.20. The third-order valence-electron chi connectivity index (χ3n) is 10.7. The van der Waals surface area contributed by atoms with E-state index in [9.17, 15) is 5.26 Å². The summed E-state index contributed by atoms with van der Waals surface area (Å²) in [4.78, 5) is 10.2. The van der Waals surface area contributed by atoms with Crippen LogP contribution in [0.4, 0.5) is 0 Å². The molecule has 0 aliphatic rings. The molecular formula is C53H33N3. The van der Waals surface area contributed by atoms with Crippen LogP contribution >= 0.6 is 0 Å². The minimum absolute atomic E-state index is 0.643. The minimum atomic E-state index is 0.643. The molecular weight excluding hydrogens is 679 g/mol. The monoisotopic (exact) mass is 711 g/mol. The van der Waals surface area contributed by atoms with E-state index in [1.54, 1.807) is 0 Å². The van der Waals surface area contributed by atoms with E-state index in [0.717, 1.165) is 50.3 Å². The molecule has 0 saturated carbocycles. The van der Waals surface area contributed by atoms with Gasteiger partial charge in [-0.15, -0.1) is 0 Å². The fraction of sp³-hybridized carbons (Fsp3) is 0. The quantitative estimate of drug-likeness (QED) is 0.127. The Kier molecular flexibility index (Phi) is 8.21. The maximum Gasteiger partial charge on any atom is 0.160 e. The molecule has 1 aromatic heterocycles. The molecule has 10 rings (SSSR count). The molecule has 3 heteroatoms. The van der Waals surface area contributed by atoms with Crippen LogP contribution in [-0.4, -0.2) is 9.97 Å². The number of hydrogen-bond acceptors (Lipinski definition) is 3. The summed E-state index contributed by atoms with van der Waals surface area (Å²) in [6.45, 7) is 0.